The van der Waals surface area contributed by atoms with E-state index in [1.54, 1.807) is 12.1 Å². The van der Waals surface area contributed by atoms with Crippen molar-refractivity contribution < 1.29 is 4.74 Å². The summed E-state index contributed by atoms with van der Waals surface area (Å²) in [4.78, 5) is 0. The summed E-state index contributed by atoms with van der Waals surface area (Å²) in [5, 5.41) is 0. The highest BCUT2D eigenvalue weighted by Gasteiger charge is 2.13. The minimum absolute atomic E-state index is 0.135. The summed E-state index contributed by atoms with van der Waals surface area (Å²) < 4.78 is 5.74. The van der Waals surface area contributed by atoms with Gasteiger partial charge < -0.3 is 4.74 Å². The Morgan fingerprint density at radius 2 is 2.25 bits per heavy atom. The van der Waals surface area contributed by atoms with Gasteiger partial charge in [0.2, 0.25) is 0 Å². The predicted molar refractivity (Wildman–Crippen MR) is 60.6 cm³/mol. The molecule has 1 nitrogen and oxygen atoms in total. The summed E-state index contributed by atoms with van der Waals surface area (Å²) in [5.74, 6) is 0. The van der Waals surface area contributed by atoms with Gasteiger partial charge in [0.15, 0.2) is 0 Å². The molecule has 0 N–H and O–H groups in total. The lowest BCUT2D eigenvalue weighted by atomic mass is 10.2. The standard InChI is InChI=1S/C9H22OSi2/c1-12(2)8-7-11-9-5-3-4-6-10-9/h9,12H,3-8,11H2,1-2H3. The number of ether oxygens (including phenoxy) is 1. The van der Waals surface area contributed by atoms with E-state index in [1.165, 1.54) is 19.3 Å². The molecule has 1 atom stereocenters. The zero-order chi connectivity index (χ0) is 8.81. The molecule has 0 spiro atoms. The SMILES string of the molecule is C[SiH](C)CC[SiH2]C1CCCCO1. The van der Waals surface area contributed by atoms with Crippen LogP contribution in [0.3, 0.4) is 0 Å². The Balaban J connectivity index is 1.98. The summed E-state index contributed by atoms with van der Waals surface area (Å²) >= 11 is 0. The van der Waals surface area contributed by atoms with E-state index in [9.17, 15) is 0 Å². The van der Waals surface area contributed by atoms with Gasteiger partial charge in [-0.3, -0.25) is 0 Å². The van der Waals surface area contributed by atoms with Crippen LogP contribution in [0.1, 0.15) is 19.3 Å². The molecule has 0 radical (unpaired) electrons. The van der Waals surface area contributed by atoms with Crippen LogP contribution in [0.15, 0.2) is 0 Å². The molecule has 1 saturated heterocycles. The molecule has 1 unspecified atom stereocenters. The Labute approximate surface area is 80.3 Å². The average Bonchev–Trinajstić information content (AvgIpc) is 2.05. The first-order chi connectivity index (χ1) is 5.79. The molecule has 72 valence electrons. The van der Waals surface area contributed by atoms with Gasteiger partial charge in [0, 0.05) is 21.1 Å². The Hall–Kier alpha value is 0.394. The third-order valence-corrected chi connectivity index (χ3v) is 7.07. The normalized spacial score (nSPS) is 25.8. The quantitative estimate of drug-likeness (QED) is 0.629. The fourth-order valence-electron chi connectivity index (χ4n) is 1.79. The topological polar surface area (TPSA) is 9.23 Å². The molecule has 0 aliphatic carbocycles. The molecule has 0 aromatic heterocycles. The minimum Gasteiger partial charge on any atom is -0.382 e. The first-order valence-corrected chi connectivity index (χ1v) is 10.3. The van der Waals surface area contributed by atoms with Crippen molar-refractivity contribution in [1.82, 2.24) is 0 Å². The molecular weight excluding hydrogens is 180 g/mol. The predicted octanol–water partition coefficient (Wildman–Crippen LogP) is 1.59. The molecule has 1 aliphatic rings. The van der Waals surface area contributed by atoms with E-state index < -0.39 is 0 Å². The lowest BCUT2D eigenvalue weighted by Gasteiger charge is -2.22. The second-order valence-electron chi connectivity index (χ2n) is 4.31. The zero-order valence-electron chi connectivity index (χ0n) is 8.51. The fourth-order valence-corrected chi connectivity index (χ4v) is 7.36. The maximum absolute atomic E-state index is 5.74. The van der Waals surface area contributed by atoms with Crippen molar-refractivity contribution in [3.8, 4) is 0 Å². The van der Waals surface area contributed by atoms with Gasteiger partial charge in [-0.25, -0.2) is 0 Å². The molecule has 3 heteroatoms. The fraction of sp³-hybridized carbons (Fsp3) is 1.00. The Bertz CT molecular complexity index is 111. The maximum atomic E-state index is 5.74. The van der Waals surface area contributed by atoms with Gasteiger partial charge in [-0.15, -0.1) is 0 Å². The Kier molecular flexibility index (Phi) is 5.19. The van der Waals surface area contributed by atoms with E-state index in [2.05, 4.69) is 13.1 Å². The molecule has 1 heterocycles. The Morgan fingerprint density at radius 1 is 1.42 bits per heavy atom. The second kappa shape index (κ2) is 5.94. The largest absolute Gasteiger partial charge is 0.382 e. The van der Waals surface area contributed by atoms with Gasteiger partial charge in [-0.05, 0) is 19.3 Å². The van der Waals surface area contributed by atoms with E-state index in [1.807, 2.05) is 0 Å². The molecule has 1 fully saturated rings. The van der Waals surface area contributed by atoms with E-state index in [4.69, 9.17) is 4.74 Å². The van der Waals surface area contributed by atoms with Crippen molar-refractivity contribution in [2.45, 2.75) is 50.2 Å². The highest BCUT2D eigenvalue weighted by molar-refractivity contribution is 6.57. The first kappa shape index (κ1) is 10.5. The van der Waals surface area contributed by atoms with Crippen LogP contribution in [-0.2, 0) is 4.74 Å². The number of hydrogen-bond donors (Lipinski definition) is 0. The lowest BCUT2D eigenvalue weighted by Crippen LogP contribution is -2.25. The summed E-state index contributed by atoms with van der Waals surface area (Å²) in [7, 11) is -0.128. The highest BCUT2D eigenvalue weighted by Crippen LogP contribution is 2.13. The smallest absolute Gasteiger partial charge is 0.0552 e. The molecule has 1 rings (SSSR count). The van der Waals surface area contributed by atoms with Crippen molar-refractivity contribution in [3.63, 3.8) is 0 Å². The van der Waals surface area contributed by atoms with Crippen LogP contribution >= 0.6 is 0 Å². The summed E-state index contributed by atoms with van der Waals surface area (Å²) in [6, 6.07) is 3.11. The van der Waals surface area contributed by atoms with E-state index in [0.717, 1.165) is 12.3 Å². The van der Waals surface area contributed by atoms with Crippen LogP contribution in [-0.4, -0.2) is 30.7 Å². The number of rotatable bonds is 4. The molecule has 1 aliphatic heterocycles. The van der Waals surface area contributed by atoms with Crippen LogP contribution in [0, 0.1) is 0 Å². The van der Waals surface area contributed by atoms with Crippen molar-refractivity contribution in [3.05, 3.63) is 0 Å². The third-order valence-electron chi connectivity index (χ3n) is 2.58. The van der Waals surface area contributed by atoms with Gasteiger partial charge in [0.1, 0.15) is 0 Å². The van der Waals surface area contributed by atoms with Crippen LogP contribution in [0.25, 0.3) is 0 Å². The van der Waals surface area contributed by atoms with Crippen molar-refractivity contribution >= 4 is 18.3 Å². The van der Waals surface area contributed by atoms with Gasteiger partial charge in [0.05, 0.1) is 9.52 Å². The molecule has 0 aromatic carbocycles. The van der Waals surface area contributed by atoms with Gasteiger partial charge in [-0.1, -0.05) is 25.2 Å². The van der Waals surface area contributed by atoms with Crippen molar-refractivity contribution in [2.24, 2.45) is 0 Å². The van der Waals surface area contributed by atoms with Crippen molar-refractivity contribution in [1.29, 1.82) is 0 Å². The molecule has 0 saturated carbocycles. The summed E-state index contributed by atoms with van der Waals surface area (Å²) in [5.41, 5.74) is 0.756. The molecule has 0 amide bonds. The summed E-state index contributed by atoms with van der Waals surface area (Å²) in [6.07, 6.45) is 4.12. The number of hydrogen-bond acceptors (Lipinski definition) is 1. The third kappa shape index (κ3) is 4.43. The van der Waals surface area contributed by atoms with E-state index in [0.29, 0.717) is 0 Å². The van der Waals surface area contributed by atoms with Crippen LogP contribution < -0.4 is 0 Å². The first-order valence-electron chi connectivity index (χ1n) is 5.40. The maximum Gasteiger partial charge on any atom is 0.0552 e. The van der Waals surface area contributed by atoms with Gasteiger partial charge in [-0.2, -0.15) is 0 Å². The van der Waals surface area contributed by atoms with Gasteiger partial charge >= 0.3 is 0 Å². The zero-order valence-corrected chi connectivity index (χ0v) is 11.1. The van der Waals surface area contributed by atoms with Crippen LogP contribution in [0.4, 0.5) is 0 Å². The molecule has 0 bridgehead atoms. The van der Waals surface area contributed by atoms with E-state index in [-0.39, 0.29) is 18.3 Å². The Morgan fingerprint density at radius 3 is 2.83 bits per heavy atom. The molecule has 12 heavy (non-hydrogen) atoms. The molecular formula is C9H22OSi2. The second-order valence-corrected chi connectivity index (χ2v) is 9.87. The van der Waals surface area contributed by atoms with Crippen LogP contribution in [0.5, 0.6) is 0 Å². The molecule has 0 aromatic rings. The summed E-state index contributed by atoms with van der Waals surface area (Å²) in [6.45, 7) is 5.96. The van der Waals surface area contributed by atoms with Crippen molar-refractivity contribution in [2.75, 3.05) is 6.61 Å². The van der Waals surface area contributed by atoms with E-state index >= 15 is 0 Å². The van der Waals surface area contributed by atoms with Crippen LogP contribution in [0.2, 0.25) is 25.2 Å². The average molecular weight is 202 g/mol. The van der Waals surface area contributed by atoms with Gasteiger partial charge in [0.25, 0.3) is 0 Å². The lowest BCUT2D eigenvalue weighted by molar-refractivity contribution is 0.0651. The highest BCUT2D eigenvalue weighted by atomic mass is 28.3. The minimum atomic E-state index is -0.263. The monoisotopic (exact) mass is 202 g/mol.